The third-order valence-corrected chi connectivity index (χ3v) is 4.94. The van der Waals surface area contributed by atoms with Crippen molar-refractivity contribution in [3.63, 3.8) is 0 Å². The number of rotatable bonds is 5. The van der Waals surface area contributed by atoms with Gasteiger partial charge in [-0.15, -0.1) is 0 Å². The van der Waals surface area contributed by atoms with Gasteiger partial charge in [0.2, 0.25) is 0 Å². The molecule has 0 aromatic heterocycles. The smallest absolute Gasteiger partial charge is 0.153 e. The van der Waals surface area contributed by atoms with E-state index in [4.69, 9.17) is 0 Å². The normalized spacial score (nSPS) is 12.3. The molecule has 0 aliphatic heterocycles. The summed E-state index contributed by atoms with van der Waals surface area (Å²) in [5.41, 5.74) is 4.70. The zero-order chi connectivity index (χ0) is 19.9. The van der Waals surface area contributed by atoms with E-state index >= 15 is 0 Å². The van der Waals surface area contributed by atoms with Crippen LogP contribution in [-0.4, -0.2) is 5.16 Å². The summed E-state index contributed by atoms with van der Waals surface area (Å²) in [5, 5.41) is 1.98. The zero-order valence-electron chi connectivity index (χ0n) is 15.8. The molecular formula is C24H21F2NS. The molecular weight excluding hydrogens is 372 g/mol. The topological polar surface area (TPSA) is 12.4 Å². The highest BCUT2D eigenvalue weighted by Gasteiger charge is 2.11. The van der Waals surface area contributed by atoms with Gasteiger partial charge < -0.3 is 0 Å². The molecule has 28 heavy (non-hydrogen) atoms. The highest BCUT2D eigenvalue weighted by atomic mass is 32.1. The Morgan fingerprint density at radius 3 is 2.46 bits per heavy atom. The minimum atomic E-state index is -0.798. The van der Waals surface area contributed by atoms with Gasteiger partial charge in [0.05, 0.1) is 5.16 Å². The molecule has 0 saturated heterocycles. The Labute approximate surface area is 170 Å². The molecule has 0 spiro atoms. The van der Waals surface area contributed by atoms with E-state index in [1.165, 1.54) is 42.4 Å². The minimum Gasteiger partial charge on any atom is -0.204 e. The van der Waals surface area contributed by atoms with Gasteiger partial charge in [-0.25, -0.2) is 8.78 Å². The second-order valence-electron chi connectivity index (χ2n) is 6.91. The molecule has 2 aromatic rings. The Morgan fingerprint density at radius 2 is 1.75 bits per heavy atom. The SMILES string of the molecule is CCCCCC1=Cc2ccc(C#Cc3cc(F)c(N=C=S)c(F)c3)cc2CC1. The van der Waals surface area contributed by atoms with Gasteiger partial charge in [-0.2, -0.15) is 4.99 Å². The van der Waals surface area contributed by atoms with Gasteiger partial charge in [0.15, 0.2) is 11.6 Å². The van der Waals surface area contributed by atoms with Gasteiger partial charge in [0, 0.05) is 11.1 Å². The maximum Gasteiger partial charge on any atom is 0.153 e. The number of aryl methyl sites for hydroxylation is 1. The van der Waals surface area contributed by atoms with Gasteiger partial charge in [-0.3, -0.25) is 0 Å². The van der Waals surface area contributed by atoms with Crippen LogP contribution in [0.15, 0.2) is 40.9 Å². The van der Waals surface area contributed by atoms with Crippen LogP contribution in [-0.2, 0) is 6.42 Å². The Morgan fingerprint density at radius 1 is 1.00 bits per heavy atom. The van der Waals surface area contributed by atoms with E-state index in [0.717, 1.165) is 30.5 Å². The summed E-state index contributed by atoms with van der Waals surface area (Å²) in [6.45, 7) is 2.22. The van der Waals surface area contributed by atoms with Gasteiger partial charge in [0.1, 0.15) is 5.69 Å². The number of isothiocyanates is 1. The lowest BCUT2D eigenvalue weighted by molar-refractivity contribution is 0.587. The van der Waals surface area contributed by atoms with Crippen LogP contribution in [0.3, 0.4) is 0 Å². The van der Waals surface area contributed by atoms with Crippen molar-refractivity contribution in [3.8, 4) is 11.8 Å². The van der Waals surface area contributed by atoms with Gasteiger partial charge in [-0.05, 0) is 73.3 Å². The molecule has 4 heteroatoms. The molecule has 0 unspecified atom stereocenters. The summed E-state index contributed by atoms with van der Waals surface area (Å²) in [7, 11) is 0. The van der Waals surface area contributed by atoms with Crippen molar-refractivity contribution < 1.29 is 8.78 Å². The Balaban J connectivity index is 1.79. The summed E-state index contributed by atoms with van der Waals surface area (Å²) in [6.07, 6.45) is 9.34. The van der Waals surface area contributed by atoms with E-state index in [0.29, 0.717) is 0 Å². The molecule has 0 saturated carbocycles. The third-order valence-electron chi connectivity index (χ3n) is 4.85. The molecule has 0 atom stereocenters. The molecule has 1 aliphatic carbocycles. The van der Waals surface area contributed by atoms with Crippen molar-refractivity contribution >= 4 is 29.1 Å². The number of fused-ring (bicyclic) bond motifs is 1. The number of thiocarbonyl (C=S) groups is 1. The van der Waals surface area contributed by atoms with Crippen molar-refractivity contribution in [1.82, 2.24) is 0 Å². The van der Waals surface area contributed by atoms with Crippen molar-refractivity contribution in [1.29, 1.82) is 0 Å². The predicted octanol–water partition coefficient (Wildman–Crippen LogP) is 7.01. The largest absolute Gasteiger partial charge is 0.204 e. The van der Waals surface area contributed by atoms with Crippen molar-refractivity contribution in [2.75, 3.05) is 0 Å². The highest BCUT2D eigenvalue weighted by Crippen LogP contribution is 2.28. The Hall–Kier alpha value is -2.60. The van der Waals surface area contributed by atoms with Crippen LogP contribution in [0, 0.1) is 23.5 Å². The van der Waals surface area contributed by atoms with E-state index in [-0.39, 0.29) is 5.56 Å². The first-order valence-corrected chi connectivity index (χ1v) is 9.93. The Bertz CT molecular complexity index is 998. The zero-order valence-corrected chi connectivity index (χ0v) is 16.6. The molecule has 0 N–H and O–H groups in total. The molecule has 0 amide bonds. The molecule has 1 nitrogen and oxygen atoms in total. The van der Waals surface area contributed by atoms with Gasteiger partial charge in [0.25, 0.3) is 0 Å². The molecule has 0 bridgehead atoms. The van der Waals surface area contributed by atoms with Crippen molar-refractivity contribution in [3.05, 3.63) is 69.8 Å². The summed E-state index contributed by atoms with van der Waals surface area (Å²) in [5.74, 6) is 4.23. The fourth-order valence-electron chi connectivity index (χ4n) is 3.36. The monoisotopic (exact) mass is 393 g/mol. The lowest BCUT2D eigenvalue weighted by Gasteiger charge is -2.16. The summed E-state index contributed by atoms with van der Waals surface area (Å²) >= 11 is 4.40. The van der Waals surface area contributed by atoms with Crippen LogP contribution in [0.4, 0.5) is 14.5 Å². The maximum atomic E-state index is 13.9. The molecule has 0 radical (unpaired) electrons. The summed E-state index contributed by atoms with van der Waals surface area (Å²) < 4.78 is 27.8. The molecule has 0 fully saturated rings. The number of benzene rings is 2. The van der Waals surface area contributed by atoms with Gasteiger partial charge >= 0.3 is 0 Å². The number of halogens is 2. The standard InChI is InChI=1S/C24H21F2NS/c1-2-3-4-5-17-8-10-21-13-18(9-11-20(21)12-17)6-7-19-14-22(25)24(27-16-28)23(26)15-19/h9,11-15H,2-5,8,10H2,1H3. The highest BCUT2D eigenvalue weighted by molar-refractivity contribution is 7.78. The van der Waals surface area contributed by atoms with E-state index in [9.17, 15) is 8.78 Å². The number of hydrogen-bond acceptors (Lipinski definition) is 2. The van der Waals surface area contributed by atoms with Crippen LogP contribution < -0.4 is 0 Å². The molecule has 3 rings (SSSR count). The summed E-state index contributed by atoms with van der Waals surface area (Å²) in [6, 6.07) is 8.42. The number of aliphatic imine (C=N–C) groups is 1. The minimum absolute atomic E-state index is 0.258. The van der Waals surface area contributed by atoms with Crippen LogP contribution in [0.25, 0.3) is 6.08 Å². The average molecular weight is 394 g/mol. The second-order valence-corrected chi connectivity index (χ2v) is 7.10. The second kappa shape index (κ2) is 9.55. The number of nitrogens with zero attached hydrogens (tertiary/aromatic N) is 1. The van der Waals surface area contributed by atoms with Crippen molar-refractivity contribution in [2.24, 2.45) is 4.99 Å². The lowest BCUT2D eigenvalue weighted by Crippen LogP contribution is -2.00. The van der Waals surface area contributed by atoms with Crippen LogP contribution in [0.1, 0.15) is 61.3 Å². The van der Waals surface area contributed by atoms with E-state index < -0.39 is 17.3 Å². The molecule has 2 aromatic carbocycles. The maximum absolute atomic E-state index is 13.9. The first-order chi connectivity index (χ1) is 13.6. The first-order valence-electron chi connectivity index (χ1n) is 9.52. The van der Waals surface area contributed by atoms with E-state index in [1.807, 2.05) is 11.2 Å². The van der Waals surface area contributed by atoms with Crippen LogP contribution >= 0.6 is 12.2 Å². The van der Waals surface area contributed by atoms with Gasteiger partial charge in [-0.1, -0.05) is 49.3 Å². The number of hydrogen-bond donors (Lipinski definition) is 0. The van der Waals surface area contributed by atoms with E-state index in [1.54, 1.807) is 0 Å². The molecule has 0 heterocycles. The predicted molar refractivity (Wildman–Crippen MR) is 114 cm³/mol. The average Bonchev–Trinajstić information content (AvgIpc) is 2.69. The Kier molecular flexibility index (Phi) is 6.87. The number of unbranched alkanes of at least 4 members (excludes halogenated alkanes) is 2. The number of allylic oxidation sites excluding steroid dienone is 1. The summed E-state index contributed by atoms with van der Waals surface area (Å²) in [4.78, 5) is 3.40. The molecule has 1 aliphatic rings. The molecule has 142 valence electrons. The van der Waals surface area contributed by atoms with Crippen LogP contribution in [0.5, 0.6) is 0 Å². The van der Waals surface area contributed by atoms with Crippen molar-refractivity contribution in [2.45, 2.75) is 45.4 Å². The van der Waals surface area contributed by atoms with Crippen LogP contribution in [0.2, 0.25) is 0 Å². The van der Waals surface area contributed by atoms with E-state index in [2.05, 4.69) is 54.2 Å². The first kappa shape index (κ1) is 20.1. The quantitative estimate of drug-likeness (QED) is 0.230. The fourth-order valence-corrected chi connectivity index (χ4v) is 3.45. The lowest BCUT2D eigenvalue weighted by atomic mass is 9.89. The fraction of sp³-hybridized carbons (Fsp3) is 0.292. The third kappa shape index (κ3) is 5.01.